The van der Waals surface area contributed by atoms with Gasteiger partial charge < -0.3 is 15.3 Å². The lowest BCUT2D eigenvalue weighted by molar-refractivity contribution is 0.198. The van der Waals surface area contributed by atoms with Crippen molar-refractivity contribution in [2.45, 2.75) is 45.6 Å². The van der Waals surface area contributed by atoms with E-state index in [-0.39, 0.29) is 6.61 Å². The van der Waals surface area contributed by atoms with Crippen molar-refractivity contribution in [3.05, 3.63) is 29.8 Å². The highest BCUT2D eigenvalue weighted by Crippen LogP contribution is 2.19. The van der Waals surface area contributed by atoms with Gasteiger partial charge in [0.05, 0.1) is 0 Å². The van der Waals surface area contributed by atoms with Crippen LogP contribution in [0.25, 0.3) is 0 Å². The first kappa shape index (κ1) is 16.3. The van der Waals surface area contributed by atoms with E-state index in [4.69, 9.17) is 5.11 Å². The summed E-state index contributed by atoms with van der Waals surface area (Å²) in [6.45, 7) is 8.50. The molecule has 118 valence electrons. The van der Waals surface area contributed by atoms with Gasteiger partial charge in [0.2, 0.25) is 0 Å². The number of hydrogen-bond donors (Lipinski definition) is 2. The summed E-state index contributed by atoms with van der Waals surface area (Å²) in [5.41, 5.74) is 2.54. The molecule has 1 aliphatic heterocycles. The highest BCUT2D eigenvalue weighted by atomic mass is 16.2. The van der Waals surface area contributed by atoms with Crippen LogP contribution in [0.15, 0.2) is 24.3 Å². The van der Waals surface area contributed by atoms with Gasteiger partial charge in [-0.25, -0.2) is 0 Å². The van der Waals surface area contributed by atoms with Crippen molar-refractivity contribution in [2.75, 3.05) is 31.6 Å². The second-order valence-electron chi connectivity index (χ2n) is 6.64. The predicted octanol–water partition coefficient (Wildman–Crippen LogP) is 3.14. The Morgan fingerprint density at radius 1 is 1.29 bits per heavy atom. The van der Waals surface area contributed by atoms with E-state index in [2.05, 4.69) is 48.3 Å². The number of nitrogens with one attached hydrogen (secondary N) is 1. The molecule has 1 aromatic rings. The first-order valence-electron chi connectivity index (χ1n) is 8.36. The van der Waals surface area contributed by atoms with Crippen molar-refractivity contribution >= 4 is 5.69 Å². The highest BCUT2D eigenvalue weighted by molar-refractivity contribution is 5.46. The molecule has 0 bridgehead atoms. The van der Waals surface area contributed by atoms with E-state index >= 15 is 0 Å². The molecule has 0 aliphatic carbocycles. The largest absolute Gasteiger partial charge is 0.396 e. The molecule has 2 N–H and O–H groups in total. The number of likely N-dealkylation sites (tertiary alicyclic amines) is 1. The molecule has 3 heteroatoms. The molecule has 0 amide bonds. The molecule has 1 saturated heterocycles. The lowest BCUT2D eigenvalue weighted by atomic mass is 10.0. The van der Waals surface area contributed by atoms with E-state index in [1.165, 1.54) is 43.7 Å². The fourth-order valence-electron chi connectivity index (χ4n) is 3.11. The molecular formula is C18H30N2O. The van der Waals surface area contributed by atoms with Crippen molar-refractivity contribution in [3.63, 3.8) is 0 Å². The highest BCUT2D eigenvalue weighted by Gasteiger charge is 2.19. The van der Waals surface area contributed by atoms with Gasteiger partial charge in [-0.1, -0.05) is 26.0 Å². The SMILES string of the molecule is CC(C)CN1CCC(Nc2cccc(CCCO)c2)CC1. The first-order chi connectivity index (χ1) is 10.2. The number of aryl methyl sites for hydroxylation is 1. The van der Waals surface area contributed by atoms with Crippen LogP contribution in [-0.2, 0) is 6.42 Å². The van der Waals surface area contributed by atoms with E-state index in [0.29, 0.717) is 6.04 Å². The molecule has 1 aromatic carbocycles. The lowest BCUT2D eigenvalue weighted by Gasteiger charge is -2.33. The second kappa shape index (κ2) is 8.40. The fraction of sp³-hybridized carbons (Fsp3) is 0.667. The van der Waals surface area contributed by atoms with Gasteiger partial charge in [0, 0.05) is 38.0 Å². The zero-order chi connectivity index (χ0) is 15.1. The smallest absolute Gasteiger partial charge is 0.0434 e. The topological polar surface area (TPSA) is 35.5 Å². The van der Waals surface area contributed by atoms with E-state index < -0.39 is 0 Å². The zero-order valence-electron chi connectivity index (χ0n) is 13.5. The van der Waals surface area contributed by atoms with Crippen molar-refractivity contribution in [3.8, 4) is 0 Å². The second-order valence-corrected chi connectivity index (χ2v) is 6.64. The minimum Gasteiger partial charge on any atom is -0.396 e. The molecular weight excluding hydrogens is 260 g/mol. The normalized spacial score (nSPS) is 17.3. The Kier molecular flexibility index (Phi) is 6.52. The first-order valence-corrected chi connectivity index (χ1v) is 8.36. The molecule has 2 rings (SSSR count). The number of anilines is 1. The van der Waals surface area contributed by atoms with E-state index in [1.807, 2.05) is 0 Å². The summed E-state index contributed by atoms with van der Waals surface area (Å²) >= 11 is 0. The summed E-state index contributed by atoms with van der Waals surface area (Å²) in [6.07, 6.45) is 4.26. The van der Waals surface area contributed by atoms with Gasteiger partial charge >= 0.3 is 0 Å². The molecule has 3 nitrogen and oxygen atoms in total. The standard InChI is InChI=1S/C18H30N2O/c1-15(2)14-20-10-8-17(9-11-20)19-18-7-3-5-16(13-18)6-4-12-21/h3,5,7,13,15,17,19,21H,4,6,8-12,14H2,1-2H3. The number of rotatable bonds is 7. The van der Waals surface area contributed by atoms with Gasteiger partial charge in [-0.15, -0.1) is 0 Å². The van der Waals surface area contributed by atoms with Crippen molar-refractivity contribution in [1.29, 1.82) is 0 Å². The molecule has 0 spiro atoms. The number of benzene rings is 1. The molecule has 1 heterocycles. The molecule has 0 saturated carbocycles. The molecule has 1 fully saturated rings. The summed E-state index contributed by atoms with van der Waals surface area (Å²) in [5, 5.41) is 12.6. The minimum absolute atomic E-state index is 0.270. The molecule has 21 heavy (non-hydrogen) atoms. The average Bonchev–Trinajstić information content (AvgIpc) is 2.47. The molecule has 0 aromatic heterocycles. The molecule has 1 aliphatic rings. The third-order valence-corrected chi connectivity index (χ3v) is 4.13. The maximum atomic E-state index is 8.92. The predicted molar refractivity (Wildman–Crippen MR) is 89.8 cm³/mol. The summed E-state index contributed by atoms with van der Waals surface area (Å²) in [6, 6.07) is 9.25. The maximum absolute atomic E-state index is 8.92. The van der Waals surface area contributed by atoms with Gasteiger partial charge in [0.1, 0.15) is 0 Å². The number of aliphatic hydroxyl groups is 1. The summed E-state index contributed by atoms with van der Waals surface area (Å²) in [4.78, 5) is 2.58. The zero-order valence-corrected chi connectivity index (χ0v) is 13.5. The van der Waals surface area contributed by atoms with Crippen LogP contribution < -0.4 is 5.32 Å². The Morgan fingerprint density at radius 3 is 2.71 bits per heavy atom. The Morgan fingerprint density at radius 2 is 2.05 bits per heavy atom. The third kappa shape index (κ3) is 5.68. The maximum Gasteiger partial charge on any atom is 0.0434 e. The van der Waals surface area contributed by atoms with E-state index in [1.54, 1.807) is 0 Å². The van der Waals surface area contributed by atoms with Crippen LogP contribution >= 0.6 is 0 Å². The van der Waals surface area contributed by atoms with Gasteiger partial charge in [0.25, 0.3) is 0 Å². The van der Waals surface area contributed by atoms with Gasteiger partial charge in [-0.05, 0) is 49.3 Å². The Labute approximate surface area is 129 Å². The van der Waals surface area contributed by atoms with Crippen LogP contribution in [0, 0.1) is 5.92 Å². The summed E-state index contributed by atoms with van der Waals surface area (Å²) in [7, 11) is 0. The van der Waals surface area contributed by atoms with Crippen molar-refractivity contribution in [1.82, 2.24) is 4.90 Å². The minimum atomic E-state index is 0.270. The van der Waals surface area contributed by atoms with Crippen LogP contribution in [0.3, 0.4) is 0 Å². The monoisotopic (exact) mass is 290 g/mol. The van der Waals surface area contributed by atoms with Gasteiger partial charge in [-0.3, -0.25) is 0 Å². The number of piperidine rings is 1. The molecule has 0 unspecified atom stereocenters. The lowest BCUT2D eigenvalue weighted by Crippen LogP contribution is -2.40. The average molecular weight is 290 g/mol. The van der Waals surface area contributed by atoms with E-state index in [9.17, 15) is 0 Å². The van der Waals surface area contributed by atoms with Crippen LogP contribution in [0.2, 0.25) is 0 Å². The van der Waals surface area contributed by atoms with Crippen molar-refractivity contribution in [2.24, 2.45) is 5.92 Å². The van der Waals surface area contributed by atoms with Crippen LogP contribution in [0.5, 0.6) is 0 Å². The Bertz CT molecular complexity index is 411. The van der Waals surface area contributed by atoms with Crippen molar-refractivity contribution < 1.29 is 5.11 Å². The quantitative estimate of drug-likeness (QED) is 0.810. The third-order valence-electron chi connectivity index (χ3n) is 4.13. The Hall–Kier alpha value is -1.06. The number of hydrogen-bond acceptors (Lipinski definition) is 3. The fourth-order valence-corrected chi connectivity index (χ4v) is 3.11. The van der Waals surface area contributed by atoms with Crippen LogP contribution in [0.4, 0.5) is 5.69 Å². The van der Waals surface area contributed by atoms with Gasteiger partial charge in [0.15, 0.2) is 0 Å². The molecule has 0 radical (unpaired) electrons. The van der Waals surface area contributed by atoms with Crippen LogP contribution in [-0.4, -0.2) is 42.3 Å². The van der Waals surface area contributed by atoms with Gasteiger partial charge in [-0.2, -0.15) is 0 Å². The van der Waals surface area contributed by atoms with Crippen LogP contribution in [0.1, 0.15) is 38.7 Å². The summed E-state index contributed by atoms with van der Waals surface area (Å²) in [5.74, 6) is 0.762. The number of nitrogens with zero attached hydrogens (tertiary/aromatic N) is 1. The molecule has 0 atom stereocenters. The number of aliphatic hydroxyl groups excluding tert-OH is 1. The summed E-state index contributed by atoms with van der Waals surface area (Å²) < 4.78 is 0. The van der Waals surface area contributed by atoms with E-state index in [0.717, 1.165) is 18.8 Å². The Balaban J connectivity index is 1.80.